The van der Waals surface area contributed by atoms with E-state index < -0.39 is 11.7 Å². The predicted octanol–water partition coefficient (Wildman–Crippen LogP) is 3.78. The molecule has 0 spiro atoms. The number of carbonyl (C=O) groups excluding carboxylic acids is 1. The van der Waals surface area contributed by atoms with Crippen molar-refractivity contribution in [1.29, 1.82) is 0 Å². The normalized spacial score (nSPS) is 14.9. The Morgan fingerprint density at radius 2 is 2.11 bits per heavy atom. The van der Waals surface area contributed by atoms with Gasteiger partial charge in [0.2, 0.25) is 0 Å². The molecule has 0 aliphatic carbocycles. The van der Waals surface area contributed by atoms with Gasteiger partial charge in [0.1, 0.15) is 5.60 Å². The lowest BCUT2D eigenvalue weighted by atomic mass is 10.1. The van der Waals surface area contributed by atoms with Crippen molar-refractivity contribution in [2.45, 2.75) is 45.6 Å². The van der Waals surface area contributed by atoms with Crippen molar-refractivity contribution in [1.82, 2.24) is 0 Å². The second kappa shape index (κ2) is 5.51. The van der Waals surface area contributed by atoms with Crippen molar-refractivity contribution in [2.24, 2.45) is 0 Å². The quantitative estimate of drug-likeness (QED) is 0.809. The maximum atomic E-state index is 11.7. The summed E-state index contributed by atoms with van der Waals surface area (Å²) < 4.78 is 5.24. The summed E-state index contributed by atoms with van der Waals surface area (Å²) >= 11 is 0. The molecule has 1 aliphatic heterocycles. The van der Waals surface area contributed by atoms with Gasteiger partial charge in [0.05, 0.1) is 0 Å². The van der Waals surface area contributed by atoms with Crippen molar-refractivity contribution in [3.8, 4) is 0 Å². The predicted molar refractivity (Wildman–Crippen MR) is 77.7 cm³/mol. The molecule has 0 atom stereocenters. The van der Waals surface area contributed by atoms with Crippen LogP contribution in [0.25, 0.3) is 0 Å². The molecule has 1 aromatic carbocycles. The fraction of sp³-hybridized carbons (Fsp3) is 0.533. The van der Waals surface area contributed by atoms with Gasteiger partial charge in [-0.05, 0) is 57.7 Å². The number of fused-ring (bicyclic) bond motifs is 1. The number of amides is 1. The number of benzene rings is 1. The maximum Gasteiger partial charge on any atom is 0.412 e. The van der Waals surface area contributed by atoms with Crippen molar-refractivity contribution >= 4 is 17.5 Å². The number of ether oxygens (including phenoxy) is 1. The van der Waals surface area contributed by atoms with Gasteiger partial charge in [-0.3, -0.25) is 5.32 Å². The monoisotopic (exact) mass is 262 g/mol. The number of aryl methyl sites for hydroxylation is 1. The summed E-state index contributed by atoms with van der Waals surface area (Å²) in [6.45, 7) is 6.55. The van der Waals surface area contributed by atoms with Crippen LogP contribution in [0.1, 0.15) is 39.2 Å². The summed E-state index contributed by atoms with van der Waals surface area (Å²) in [5, 5.41) is 6.16. The smallest absolute Gasteiger partial charge is 0.412 e. The van der Waals surface area contributed by atoms with E-state index in [-0.39, 0.29) is 0 Å². The SMILES string of the molecule is CC(C)(C)OC(=O)Nc1ccc2c(c1)NCCCC2. The van der Waals surface area contributed by atoms with Gasteiger partial charge in [0, 0.05) is 17.9 Å². The van der Waals surface area contributed by atoms with E-state index in [9.17, 15) is 4.79 Å². The molecule has 19 heavy (non-hydrogen) atoms. The standard InChI is InChI=1S/C15H22N2O2/c1-15(2,3)19-14(18)17-12-8-7-11-6-4-5-9-16-13(11)10-12/h7-8,10,16H,4-6,9H2,1-3H3,(H,17,18). The van der Waals surface area contributed by atoms with Crippen LogP contribution in [0.5, 0.6) is 0 Å². The van der Waals surface area contributed by atoms with Crippen LogP contribution in [-0.2, 0) is 11.2 Å². The minimum atomic E-state index is -0.478. The van der Waals surface area contributed by atoms with Crippen LogP contribution in [0.15, 0.2) is 18.2 Å². The van der Waals surface area contributed by atoms with E-state index in [2.05, 4.69) is 16.7 Å². The molecular formula is C15H22N2O2. The van der Waals surface area contributed by atoms with E-state index in [1.54, 1.807) is 0 Å². The molecule has 1 aromatic rings. The van der Waals surface area contributed by atoms with Gasteiger partial charge in [-0.2, -0.15) is 0 Å². The topological polar surface area (TPSA) is 50.4 Å². The lowest BCUT2D eigenvalue weighted by Gasteiger charge is -2.20. The molecule has 0 radical (unpaired) electrons. The van der Waals surface area contributed by atoms with Gasteiger partial charge in [-0.15, -0.1) is 0 Å². The molecule has 0 saturated carbocycles. The number of carbonyl (C=O) groups is 1. The van der Waals surface area contributed by atoms with E-state index in [0.29, 0.717) is 0 Å². The highest BCUT2D eigenvalue weighted by molar-refractivity contribution is 5.86. The number of nitrogens with one attached hydrogen (secondary N) is 2. The average molecular weight is 262 g/mol. The Kier molecular flexibility index (Phi) is 3.98. The first kappa shape index (κ1) is 13.7. The largest absolute Gasteiger partial charge is 0.444 e. The van der Waals surface area contributed by atoms with Crippen LogP contribution in [0.4, 0.5) is 16.2 Å². The summed E-state index contributed by atoms with van der Waals surface area (Å²) in [7, 11) is 0. The van der Waals surface area contributed by atoms with Crippen LogP contribution < -0.4 is 10.6 Å². The van der Waals surface area contributed by atoms with E-state index in [4.69, 9.17) is 4.74 Å². The van der Waals surface area contributed by atoms with Gasteiger partial charge in [-0.25, -0.2) is 4.79 Å². The van der Waals surface area contributed by atoms with Gasteiger partial charge in [0.15, 0.2) is 0 Å². The maximum absolute atomic E-state index is 11.7. The van der Waals surface area contributed by atoms with Crippen molar-refractivity contribution < 1.29 is 9.53 Å². The second-order valence-corrected chi connectivity index (χ2v) is 5.88. The number of anilines is 2. The highest BCUT2D eigenvalue weighted by Gasteiger charge is 2.16. The molecule has 4 nitrogen and oxygen atoms in total. The first-order chi connectivity index (χ1) is 8.94. The Labute approximate surface area is 114 Å². The Morgan fingerprint density at radius 1 is 1.32 bits per heavy atom. The second-order valence-electron chi connectivity index (χ2n) is 5.88. The number of hydrogen-bond donors (Lipinski definition) is 2. The molecule has 0 fully saturated rings. The fourth-order valence-corrected chi connectivity index (χ4v) is 2.12. The molecule has 0 aromatic heterocycles. The zero-order valence-corrected chi connectivity index (χ0v) is 11.9. The Morgan fingerprint density at radius 3 is 2.84 bits per heavy atom. The molecule has 104 valence electrons. The molecule has 0 unspecified atom stereocenters. The Balaban J connectivity index is 2.05. The lowest BCUT2D eigenvalue weighted by molar-refractivity contribution is 0.0636. The van der Waals surface area contributed by atoms with Crippen molar-refractivity contribution in [2.75, 3.05) is 17.2 Å². The first-order valence-corrected chi connectivity index (χ1v) is 6.81. The molecule has 1 aliphatic rings. The van der Waals surface area contributed by atoms with Crippen molar-refractivity contribution in [3.63, 3.8) is 0 Å². The van der Waals surface area contributed by atoms with Crippen LogP contribution in [0, 0.1) is 0 Å². The number of hydrogen-bond acceptors (Lipinski definition) is 3. The van der Waals surface area contributed by atoms with Gasteiger partial charge >= 0.3 is 6.09 Å². The first-order valence-electron chi connectivity index (χ1n) is 6.81. The summed E-state index contributed by atoms with van der Waals surface area (Å²) in [6, 6.07) is 5.97. The van der Waals surface area contributed by atoms with Gasteiger partial charge in [-0.1, -0.05) is 6.07 Å². The third kappa shape index (κ3) is 4.16. The molecule has 4 heteroatoms. The molecular weight excluding hydrogens is 240 g/mol. The fourth-order valence-electron chi connectivity index (χ4n) is 2.12. The van der Waals surface area contributed by atoms with Crippen LogP contribution in [-0.4, -0.2) is 18.2 Å². The molecule has 1 amide bonds. The molecule has 1 heterocycles. The molecule has 0 saturated heterocycles. The minimum absolute atomic E-state index is 0.416. The molecule has 2 rings (SSSR count). The number of rotatable bonds is 1. The average Bonchev–Trinajstić information content (AvgIpc) is 2.50. The lowest BCUT2D eigenvalue weighted by Crippen LogP contribution is -2.27. The minimum Gasteiger partial charge on any atom is -0.444 e. The third-order valence-corrected chi connectivity index (χ3v) is 2.94. The highest BCUT2D eigenvalue weighted by Crippen LogP contribution is 2.25. The summed E-state index contributed by atoms with van der Waals surface area (Å²) in [5.41, 5.74) is 2.72. The zero-order chi connectivity index (χ0) is 13.9. The zero-order valence-electron chi connectivity index (χ0n) is 11.9. The third-order valence-electron chi connectivity index (χ3n) is 2.94. The van der Waals surface area contributed by atoms with Gasteiger partial charge in [0.25, 0.3) is 0 Å². The Bertz CT molecular complexity index is 464. The van der Waals surface area contributed by atoms with E-state index >= 15 is 0 Å². The molecule has 0 bridgehead atoms. The summed E-state index contributed by atoms with van der Waals surface area (Å²) in [4.78, 5) is 11.7. The summed E-state index contributed by atoms with van der Waals surface area (Å²) in [5.74, 6) is 0. The van der Waals surface area contributed by atoms with Crippen molar-refractivity contribution in [3.05, 3.63) is 23.8 Å². The van der Waals surface area contributed by atoms with E-state index in [0.717, 1.165) is 24.3 Å². The summed E-state index contributed by atoms with van der Waals surface area (Å²) in [6.07, 6.45) is 3.07. The van der Waals surface area contributed by atoms with Crippen LogP contribution in [0.3, 0.4) is 0 Å². The van der Waals surface area contributed by atoms with E-state index in [1.807, 2.05) is 32.9 Å². The van der Waals surface area contributed by atoms with Crippen LogP contribution >= 0.6 is 0 Å². The van der Waals surface area contributed by atoms with Crippen LogP contribution in [0.2, 0.25) is 0 Å². The van der Waals surface area contributed by atoms with Gasteiger partial charge < -0.3 is 10.1 Å². The highest BCUT2D eigenvalue weighted by atomic mass is 16.6. The Hall–Kier alpha value is -1.71. The van der Waals surface area contributed by atoms with E-state index in [1.165, 1.54) is 18.4 Å². The molecule has 2 N–H and O–H groups in total.